The molecule has 0 aliphatic carbocycles. The predicted octanol–water partition coefficient (Wildman–Crippen LogP) is 3.42. The fourth-order valence-electron chi connectivity index (χ4n) is 4.25. The van der Waals surface area contributed by atoms with E-state index in [2.05, 4.69) is 75.5 Å². The van der Waals surface area contributed by atoms with E-state index in [0.717, 1.165) is 25.1 Å². The summed E-state index contributed by atoms with van der Waals surface area (Å²) in [5, 5.41) is 2.14. The molecule has 138 valence electrons. The summed E-state index contributed by atoms with van der Waals surface area (Å²) in [6.45, 7) is 10.2. The average Bonchev–Trinajstić information content (AvgIpc) is 2.59. The van der Waals surface area contributed by atoms with Crippen LogP contribution in [0.4, 0.5) is 5.69 Å². The molecule has 1 atom stereocenters. The highest BCUT2D eigenvalue weighted by Crippen LogP contribution is 2.43. The molecule has 1 aliphatic heterocycles. The number of hydrogen-bond acceptors (Lipinski definition) is 1. The first-order valence-electron chi connectivity index (χ1n) is 9.68. The average molecular weight is 352 g/mol. The van der Waals surface area contributed by atoms with Crippen LogP contribution >= 0.6 is 0 Å². The van der Waals surface area contributed by atoms with Crippen LogP contribution in [0, 0.1) is 6.92 Å². The summed E-state index contributed by atoms with van der Waals surface area (Å²) in [5.41, 5.74) is 4.84. The number of hydrogen-bond donors (Lipinski definition) is 1. The highest BCUT2D eigenvalue weighted by atomic mass is 16.2. The van der Waals surface area contributed by atoms with Gasteiger partial charge in [-0.1, -0.05) is 55.0 Å². The molecule has 26 heavy (non-hydrogen) atoms. The van der Waals surface area contributed by atoms with Gasteiger partial charge in [0.05, 0.1) is 6.54 Å². The van der Waals surface area contributed by atoms with E-state index in [-0.39, 0.29) is 11.4 Å². The van der Waals surface area contributed by atoms with Gasteiger partial charge in [0.1, 0.15) is 0 Å². The van der Waals surface area contributed by atoms with Crippen LogP contribution in [0.3, 0.4) is 0 Å². The lowest BCUT2D eigenvalue weighted by Gasteiger charge is -2.45. The summed E-state index contributed by atoms with van der Waals surface area (Å²) in [4.78, 5) is 15.1. The van der Waals surface area contributed by atoms with Crippen LogP contribution in [0.1, 0.15) is 49.8 Å². The molecule has 0 aromatic heterocycles. The van der Waals surface area contributed by atoms with Gasteiger partial charge in [-0.15, -0.1) is 0 Å². The quantitative estimate of drug-likeness (QED) is 0.824. The topological polar surface area (TPSA) is 36.9 Å². The molecule has 0 unspecified atom stereocenters. The number of quaternary nitrogens is 1. The second-order valence-corrected chi connectivity index (χ2v) is 8.23. The number of aryl methyl sites for hydroxylation is 1. The van der Waals surface area contributed by atoms with E-state index in [1.54, 1.807) is 0 Å². The molecule has 1 heterocycles. The molecule has 0 saturated carbocycles. The van der Waals surface area contributed by atoms with Crippen LogP contribution in [-0.4, -0.2) is 24.5 Å². The molecule has 0 bridgehead atoms. The standard InChI is InChI=1S/C23H30N2O/c1-17-10-11-21-20(14-17)18(2)15-23(3,4)25(21)22(26)16-24-13-12-19-8-6-5-7-9-19/h5-11,14,18,24H,12-13,15-16H2,1-4H3/p+1/t18-/m1/s1. The number of carbonyl (C=O) groups is 1. The summed E-state index contributed by atoms with van der Waals surface area (Å²) in [7, 11) is 0. The second-order valence-electron chi connectivity index (χ2n) is 8.23. The van der Waals surface area contributed by atoms with E-state index in [9.17, 15) is 4.79 Å². The minimum Gasteiger partial charge on any atom is -0.338 e. The molecule has 1 amide bonds. The van der Waals surface area contributed by atoms with Gasteiger partial charge < -0.3 is 10.2 Å². The Morgan fingerprint density at radius 2 is 1.92 bits per heavy atom. The van der Waals surface area contributed by atoms with Gasteiger partial charge in [-0.3, -0.25) is 4.79 Å². The van der Waals surface area contributed by atoms with E-state index in [1.807, 2.05) is 11.0 Å². The van der Waals surface area contributed by atoms with Crippen LogP contribution in [-0.2, 0) is 11.2 Å². The SMILES string of the molecule is Cc1ccc2c(c1)[C@H](C)CC(C)(C)N2C(=O)C[NH2+]CCc1ccccc1. The molecule has 3 heteroatoms. The highest BCUT2D eigenvalue weighted by Gasteiger charge is 2.40. The first kappa shape index (κ1) is 18.7. The summed E-state index contributed by atoms with van der Waals surface area (Å²) < 4.78 is 0. The van der Waals surface area contributed by atoms with E-state index in [4.69, 9.17) is 0 Å². The molecule has 2 aromatic carbocycles. The second kappa shape index (κ2) is 7.63. The first-order valence-corrected chi connectivity index (χ1v) is 9.68. The van der Waals surface area contributed by atoms with Crippen LogP contribution in [0.25, 0.3) is 0 Å². The van der Waals surface area contributed by atoms with Crippen molar-refractivity contribution in [1.29, 1.82) is 0 Å². The lowest BCUT2D eigenvalue weighted by atomic mass is 9.79. The molecule has 0 radical (unpaired) electrons. The lowest BCUT2D eigenvalue weighted by molar-refractivity contribution is -0.643. The number of carbonyl (C=O) groups excluding carboxylic acids is 1. The molecular weight excluding hydrogens is 320 g/mol. The molecule has 2 aromatic rings. The van der Waals surface area contributed by atoms with Gasteiger partial charge in [-0.2, -0.15) is 0 Å². The van der Waals surface area contributed by atoms with Crippen molar-refractivity contribution < 1.29 is 10.1 Å². The van der Waals surface area contributed by atoms with Gasteiger partial charge in [0.15, 0.2) is 6.54 Å². The number of nitrogens with two attached hydrogens (primary N) is 1. The van der Waals surface area contributed by atoms with Crippen molar-refractivity contribution in [2.24, 2.45) is 0 Å². The number of nitrogens with zero attached hydrogens (tertiary/aromatic N) is 1. The van der Waals surface area contributed by atoms with Crippen molar-refractivity contribution in [3.8, 4) is 0 Å². The van der Waals surface area contributed by atoms with Gasteiger partial charge in [-0.05, 0) is 50.3 Å². The Kier molecular flexibility index (Phi) is 5.47. The van der Waals surface area contributed by atoms with Gasteiger partial charge in [0.25, 0.3) is 5.91 Å². The third kappa shape index (κ3) is 3.99. The Hall–Kier alpha value is -2.13. The van der Waals surface area contributed by atoms with Gasteiger partial charge in [-0.25, -0.2) is 0 Å². The zero-order valence-electron chi connectivity index (χ0n) is 16.5. The Labute approximate surface area is 157 Å². The maximum atomic E-state index is 13.1. The Balaban J connectivity index is 1.68. The van der Waals surface area contributed by atoms with E-state index in [0.29, 0.717) is 12.5 Å². The highest BCUT2D eigenvalue weighted by molar-refractivity contribution is 5.96. The van der Waals surface area contributed by atoms with E-state index < -0.39 is 0 Å². The minimum absolute atomic E-state index is 0.147. The number of rotatable bonds is 5. The van der Waals surface area contributed by atoms with Crippen LogP contribution < -0.4 is 10.2 Å². The van der Waals surface area contributed by atoms with Gasteiger partial charge in [0.2, 0.25) is 0 Å². The lowest BCUT2D eigenvalue weighted by Crippen LogP contribution is -2.87. The summed E-state index contributed by atoms with van der Waals surface area (Å²) in [5.74, 6) is 0.686. The number of amides is 1. The van der Waals surface area contributed by atoms with Crippen molar-refractivity contribution in [2.45, 2.75) is 52.0 Å². The molecule has 0 spiro atoms. The zero-order chi connectivity index (χ0) is 18.7. The zero-order valence-corrected chi connectivity index (χ0v) is 16.5. The number of fused-ring (bicyclic) bond motifs is 1. The fraction of sp³-hybridized carbons (Fsp3) is 0.435. The van der Waals surface area contributed by atoms with E-state index in [1.165, 1.54) is 16.7 Å². The van der Waals surface area contributed by atoms with Crippen LogP contribution in [0.5, 0.6) is 0 Å². The van der Waals surface area contributed by atoms with Crippen LogP contribution in [0.15, 0.2) is 48.5 Å². The minimum atomic E-state index is -0.147. The fourth-order valence-corrected chi connectivity index (χ4v) is 4.25. The van der Waals surface area contributed by atoms with Crippen molar-refractivity contribution >= 4 is 11.6 Å². The normalized spacial score (nSPS) is 18.5. The van der Waals surface area contributed by atoms with Crippen molar-refractivity contribution in [1.82, 2.24) is 0 Å². The maximum Gasteiger partial charge on any atom is 0.282 e. The smallest absolute Gasteiger partial charge is 0.282 e. The number of benzene rings is 2. The number of anilines is 1. The third-order valence-corrected chi connectivity index (χ3v) is 5.41. The third-order valence-electron chi connectivity index (χ3n) is 5.41. The van der Waals surface area contributed by atoms with Crippen LogP contribution in [0.2, 0.25) is 0 Å². The van der Waals surface area contributed by atoms with Gasteiger partial charge >= 0.3 is 0 Å². The van der Waals surface area contributed by atoms with Gasteiger partial charge in [0, 0.05) is 17.6 Å². The largest absolute Gasteiger partial charge is 0.338 e. The maximum absolute atomic E-state index is 13.1. The first-order chi connectivity index (χ1) is 12.4. The molecule has 0 fully saturated rings. The van der Waals surface area contributed by atoms with Crippen molar-refractivity contribution in [2.75, 3.05) is 18.0 Å². The Bertz CT molecular complexity index is 767. The monoisotopic (exact) mass is 351 g/mol. The molecular formula is C23H31N2O+. The van der Waals surface area contributed by atoms with E-state index >= 15 is 0 Å². The molecule has 3 nitrogen and oxygen atoms in total. The predicted molar refractivity (Wildman–Crippen MR) is 108 cm³/mol. The van der Waals surface area contributed by atoms with Crippen molar-refractivity contribution in [3.63, 3.8) is 0 Å². The molecule has 3 rings (SSSR count). The summed E-state index contributed by atoms with van der Waals surface area (Å²) in [6, 6.07) is 16.9. The van der Waals surface area contributed by atoms with Crippen molar-refractivity contribution in [3.05, 3.63) is 65.2 Å². The molecule has 2 N–H and O–H groups in total. The summed E-state index contributed by atoms with van der Waals surface area (Å²) >= 11 is 0. The molecule has 0 saturated heterocycles. The Morgan fingerprint density at radius 1 is 1.19 bits per heavy atom. The molecule has 1 aliphatic rings. The summed E-state index contributed by atoms with van der Waals surface area (Å²) in [6.07, 6.45) is 1.99. The Morgan fingerprint density at radius 3 is 2.65 bits per heavy atom.